The van der Waals surface area contributed by atoms with Crippen molar-refractivity contribution in [3.8, 4) is 11.5 Å². The Morgan fingerprint density at radius 1 is 1.15 bits per heavy atom. The van der Waals surface area contributed by atoms with E-state index >= 15 is 0 Å². The van der Waals surface area contributed by atoms with Crippen molar-refractivity contribution in [2.75, 3.05) is 28.4 Å². The molecule has 0 saturated heterocycles. The molecule has 0 spiro atoms. The van der Waals surface area contributed by atoms with Crippen LogP contribution in [0.5, 0.6) is 11.5 Å². The lowest BCUT2D eigenvalue weighted by Gasteiger charge is -2.43. The van der Waals surface area contributed by atoms with Crippen LogP contribution in [0.1, 0.15) is 37.3 Å². The van der Waals surface area contributed by atoms with Crippen LogP contribution in [0.3, 0.4) is 0 Å². The first-order valence-electron chi connectivity index (χ1n) is 7.13. The Kier molecular flexibility index (Phi) is 4.89. The first-order valence-corrected chi connectivity index (χ1v) is 7.13. The predicted octanol–water partition coefficient (Wildman–Crippen LogP) is 2.92. The highest BCUT2D eigenvalue weighted by Gasteiger charge is 2.40. The second-order valence-electron chi connectivity index (χ2n) is 5.36. The Morgan fingerprint density at radius 2 is 1.75 bits per heavy atom. The van der Waals surface area contributed by atoms with E-state index in [9.17, 15) is 0 Å². The minimum atomic E-state index is -0.000455. The average molecular weight is 279 g/mol. The van der Waals surface area contributed by atoms with Gasteiger partial charge in [-0.15, -0.1) is 0 Å². The molecule has 20 heavy (non-hydrogen) atoms. The fourth-order valence-electron chi connectivity index (χ4n) is 3.01. The molecule has 112 valence electrons. The van der Waals surface area contributed by atoms with Gasteiger partial charge in [0.25, 0.3) is 0 Å². The highest BCUT2D eigenvalue weighted by atomic mass is 16.5. The van der Waals surface area contributed by atoms with Gasteiger partial charge < -0.3 is 19.5 Å². The van der Waals surface area contributed by atoms with E-state index in [1.807, 2.05) is 32.4 Å². The van der Waals surface area contributed by atoms with Gasteiger partial charge in [0, 0.05) is 13.2 Å². The third-order valence-electron chi connectivity index (χ3n) is 4.44. The zero-order valence-corrected chi connectivity index (χ0v) is 12.9. The van der Waals surface area contributed by atoms with E-state index < -0.39 is 0 Å². The van der Waals surface area contributed by atoms with Gasteiger partial charge in [-0.1, -0.05) is 6.07 Å². The van der Waals surface area contributed by atoms with Crippen molar-refractivity contribution < 1.29 is 14.2 Å². The van der Waals surface area contributed by atoms with Crippen LogP contribution in [0.25, 0.3) is 0 Å². The number of methoxy groups -OCH3 is 3. The summed E-state index contributed by atoms with van der Waals surface area (Å²) in [5, 5.41) is 3.39. The smallest absolute Gasteiger partial charge is 0.127 e. The maximum atomic E-state index is 5.75. The summed E-state index contributed by atoms with van der Waals surface area (Å²) in [6.07, 6.45) is 4.42. The SMILES string of the molecule is CNC(CC1(OC)CCC1)c1c(OC)cccc1OC. The van der Waals surface area contributed by atoms with Crippen LogP contribution < -0.4 is 14.8 Å². The number of hydrogen-bond donors (Lipinski definition) is 1. The van der Waals surface area contributed by atoms with Crippen molar-refractivity contribution in [3.05, 3.63) is 23.8 Å². The Bertz CT molecular complexity index is 416. The summed E-state index contributed by atoms with van der Waals surface area (Å²) < 4.78 is 16.8. The van der Waals surface area contributed by atoms with E-state index in [1.165, 1.54) is 6.42 Å². The first kappa shape index (κ1) is 15.1. The van der Waals surface area contributed by atoms with Crippen LogP contribution in [0.15, 0.2) is 18.2 Å². The van der Waals surface area contributed by atoms with Crippen molar-refractivity contribution in [2.45, 2.75) is 37.3 Å². The predicted molar refractivity (Wildman–Crippen MR) is 79.6 cm³/mol. The van der Waals surface area contributed by atoms with Crippen molar-refractivity contribution in [2.24, 2.45) is 0 Å². The van der Waals surface area contributed by atoms with E-state index in [0.717, 1.165) is 36.3 Å². The summed E-state index contributed by atoms with van der Waals surface area (Å²) in [7, 11) is 7.17. The highest BCUT2D eigenvalue weighted by molar-refractivity contribution is 5.47. The maximum Gasteiger partial charge on any atom is 0.127 e. The van der Waals surface area contributed by atoms with E-state index in [0.29, 0.717) is 0 Å². The quantitative estimate of drug-likeness (QED) is 0.833. The number of ether oxygens (including phenoxy) is 3. The lowest BCUT2D eigenvalue weighted by Crippen LogP contribution is -2.42. The van der Waals surface area contributed by atoms with E-state index in [1.54, 1.807) is 14.2 Å². The largest absolute Gasteiger partial charge is 0.496 e. The standard InChI is InChI=1S/C16H25NO3/c1-17-12(11-16(20-4)9-6-10-16)15-13(18-2)7-5-8-14(15)19-3/h5,7-8,12,17H,6,9-11H2,1-4H3. The van der Waals surface area contributed by atoms with Crippen LogP contribution in [-0.4, -0.2) is 34.0 Å². The molecule has 0 radical (unpaired) electrons. The summed E-state index contributed by atoms with van der Waals surface area (Å²) in [6, 6.07) is 6.05. The zero-order valence-electron chi connectivity index (χ0n) is 12.9. The lowest BCUT2D eigenvalue weighted by molar-refractivity contribution is -0.0836. The topological polar surface area (TPSA) is 39.7 Å². The molecule has 4 heteroatoms. The van der Waals surface area contributed by atoms with Crippen molar-refractivity contribution in [3.63, 3.8) is 0 Å². The molecule has 0 amide bonds. The molecule has 1 aliphatic rings. The monoisotopic (exact) mass is 279 g/mol. The molecule has 1 N–H and O–H groups in total. The summed E-state index contributed by atoms with van der Waals surface area (Å²) in [5.74, 6) is 1.71. The average Bonchev–Trinajstić information content (AvgIpc) is 2.46. The molecular formula is C16H25NO3. The lowest BCUT2D eigenvalue weighted by atomic mass is 9.74. The summed E-state index contributed by atoms with van der Waals surface area (Å²) in [4.78, 5) is 0. The second-order valence-corrected chi connectivity index (χ2v) is 5.36. The number of benzene rings is 1. The molecule has 0 heterocycles. The molecular weight excluding hydrogens is 254 g/mol. The molecule has 1 unspecified atom stereocenters. The van der Waals surface area contributed by atoms with Gasteiger partial charge in [-0.3, -0.25) is 0 Å². The van der Waals surface area contributed by atoms with Crippen molar-refractivity contribution in [1.82, 2.24) is 5.32 Å². The summed E-state index contributed by atoms with van der Waals surface area (Å²) in [6.45, 7) is 0. The third kappa shape index (κ3) is 2.76. The van der Waals surface area contributed by atoms with Gasteiger partial charge >= 0.3 is 0 Å². The number of rotatable bonds is 7. The molecule has 1 atom stereocenters. The zero-order chi connectivity index (χ0) is 14.6. The van der Waals surface area contributed by atoms with Crippen LogP contribution in [0, 0.1) is 0 Å². The molecule has 0 bridgehead atoms. The minimum Gasteiger partial charge on any atom is -0.496 e. The fraction of sp³-hybridized carbons (Fsp3) is 0.625. The minimum absolute atomic E-state index is 0.000455. The third-order valence-corrected chi connectivity index (χ3v) is 4.44. The van der Waals surface area contributed by atoms with E-state index in [4.69, 9.17) is 14.2 Å². The Hall–Kier alpha value is -1.26. The fourth-order valence-corrected chi connectivity index (χ4v) is 3.01. The molecule has 1 aliphatic carbocycles. The molecule has 4 nitrogen and oxygen atoms in total. The summed E-state index contributed by atoms with van der Waals surface area (Å²) >= 11 is 0. The molecule has 0 aromatic heterocycles. The number of hydrogen-bond acceptors (Lipinski definition) is 4. The Morgan fingerprint density at radius 3 is 2.10 bits per heavy atom. The van der Waals surface area contributed by atoms with Crippen LogP contribution in [-0.2, 0) is 4.74 Å². The Labute approximate surface area is 121 Å². The van der Waals surface area contributed by atoms with Crippen LogP contribution in [0.4, 0.5) is 0 Å². The van der Waals surface area contributed by atoms with E-state index in [2.05, 4.69) is 5.32 Å². The van der Waals surface area contributed by atoms with Gasteiger partial charge in [-0.05, 0) is 44.9 Å². The van der Waals surface area contributed by atoms with Gasteiger partial charge in [0.15, 0.2) is 0 Å². The first-order chi connectivity index (χ1) is 9.69. The summed E-state index contributed by atoms with van der Waals surface area (Å²) in [5.41, 5.74) is 1.07. The van der Waals surface area contributed by atoms with Gasteiger partial charge in [0.2, 0.25) is 0 Å². The van der Waals surface area contributed by atoms with Gasteiger partial charge in [0.1, 0.15) is 11.5 Å². The maximum absolute atomic E-state index is 5.75. The van der Waals surface area contributed by atoms with Gasteiger partial charge in [0.05, 0.1) is 25.4 Å². The van der Waals surface area contributed by atoms with Crippen molar-refractivity contribution >= 4 is 0 Å². The van der Waals surface area contributed by atoms with Crippen molar-refractivity contribution in [1.29, 1.82) is 0 Å². The normalized spacial score (nSPS) is 18.2. The second kappa shape index (κ2) is 6.46. The van der Waals surface area contributed by atoms with E-state index in [-0.39, 0.29) is 11.6 Å². The molecule has 0 aliphatic heterocycles. The number of nitrogens with one attached hydrogen (secondary N) is 1. The molecule has 1 saturated carbocycles. The Balaban J connectivity index is 2.31. The van der Waals surface area contributed by atoms with Crippen LogP contribution >= 0.6 is 0 Å². The molecule has 2 rings (SSSR count). The molecule has 1 aromatic rings. The highest BCUT2D eigenvalue weighted by Crippen LogP contribution is 2.45. The molecule has 1 fully saturated rings. The van der Waals surface area contributed by atoms with Gasteiger partial charge in [-0.2, -0.15) is 0 Å². The molecule has 1 aromatic carbocycles. The van der Waals surface area contributed by atoms with Crippen LogP contribution in [0.2, 0.25) is 0 Å². The van der Waals surface area contributed by atoms with Gasteiger partial charge in [-0.25, -0.2) is 0 Å².